The minimum Gasteiger partial charge on any atom is -0.481 e. The van der Waals surface area contributed by atoms with Gasteiger partial charge in [-0.1, -0.05) is 0 Å². The molecular formula is C11H19NO8. The van der Waals surface area contributed by atoms with Gasteiger partial charge < -0.3 is 26.2 Å². The highest BCUT2D eigenvalue weighted by atomic mass is 16.4. The van der Waals surface area contributed by atoms with Crippen molar-refractivity contribution in [2.45, 2.75) is 44.6 Å². The number of carboxylic acids is 4. The van der Waals surface area contributed by atoms with Gasteiger partial charge in [0.25, 0.3) is 0 Å². The first-order valence-corrected chi connectivity index (χ1v) is 5.80. The van der Waals surface area contributed by atoms with Crippen LogP contribution in [-0.4, -0.2) is 50.3 Å². The van der Waals surface area contributed by atoms with E-state index >= 15 is 0 Å². The molecule has 0 aromatic carbocycles. The van der Waals surface area contributed by atoms with E-state index in [9.17, 15) is 19.2 Å². The number of carboxylic acid groups (broad SMARTS) is 4. The summed E-state index contributed by atoms with van der Waals surface area (Å²) >= 11 is 0. The molecule has 9 nitrogen and oxygen atoms in total. The predicted molar refractivity (Wildman–Crippen MR) is 66.2 cm³/mol. The van der Waals surface area contributed by atoms with Crippen LogP contribution >= 0.6 is 0 Å². The zero-order valence-electron chi connectivity index (χ0n) is 10.8. The standard InChI is InChI=1S/C6H10O4.C5H9NO4/c7-5(8)3-1-2-4-6(9)10;6-3(5(9)10)1-2-4(7)8/h1-4H2,(H,7,8)(H,9,10);3H,1-2,6H2,(H,7,8)(H,9,10)/t;3-/m.0/s1. The first-order chi connectivity index (χ1) is 9.16. The molecule has 0 rings (SSSR count). The lowest BCUT2D eigenvalue weighted by atomic mass is 10.2. The summed E-state index contributed by atoms with van der Waals surface area (Å²) in [4.78, 5) is 39.7. The number of hydrogen-bond donors (Lipinski definition) is 5. The van der Waals surface area contributed by atoms with E-state index in [0.29, 0.717) is 12.8 Å². The Hall–Kier alpha value is -2.16. The SMILES string of the molecule is N[C@@H](CCC(=O)O)C(=O)O.O=C(O)CCCCC(=O)O. The van der Waals surface area contributed by atoms with Crippen molar-refractivity contribution in [3.8, 4) is 0 Å². The first-order valence-electron chi connectivity index (χ1n) is 5.80. The van der Waals surface area contributed by atoms with Crippen LogP contribution < -0.4 is 5.73 Å². The van der Waals surface area contributed by atoms with Crippen LogP contribution in [0.15, 0.2) is 0 Å². The molecule has 0 amide bonds. The van der Waals surface area contributed by atoms with Gasteiger partial charge in [0.2, 0.25) is 0 Å². The summed E-state index contributed by atoms with van der Waals surface area (Å²) in [7, 11) is 0. The Kier molecular flexibility index (Phi) is 12.0. The van der Waals surface area contributed by atoms with Crippen LogP contribution in [0.1, 0.15) is 38.5 Å². The quantitative estimate of drug-likeness (QED) is 0.365. The molecule has 0 saturated carbocycles. The fourth-order valence-corrected chi connectivity index (χ4v) is 0.955. The lowest BCUT2D eigenvalue weighted by molar-refractivity contribution is -0.140. The van der Waals surface area contributed by atoms with Gasteiger partial charge in [0.05, 0.1) is 0 Å². The largest absolute Gasteiger partial charge is 0.481 e. The second kappa shape index (κ2) is 11.9. The fraction of sp³-hybridized carbons (Fsp3) is 0.636. The Morgan fingerprint density at radius 1 is 0.750 bits per heavy atom. The minimum absolute atomic E-state index is 0.0231. The van der Waals surface area contributed by atoms with Gasteiger partial charge in [-0.25, -0.2) is 0 Å². The van der Waals surface area contributed by atoms with Gasteiger partial charge in [0.1, 0.15) is 6.04 Å². The monoisotopic (exact) mass is 293 g/mol. The Morgan fingerprint density at radius 2 is 1.10 bits per heavy atom. The van der Waals surface area contributed by atoms with Crippen molar-refractivity contribution in [3.05, 3.63) is 0 Å². The summed E-state index contributed by atoms with van der Waals surface area (Å²) < 4.78 is 0. The maximum Gasteiger partial charge on any atom is 0.320 e. The summed E-state index contributed by atoms with van der Waals surface area (Å²) in [6.45, 7) is 0. The van der Waals surface area contributed by atoms with Crippen molar-refractivity contribution in [2.75, 3.05) is 0 Å². The van der Waals surface area contributed by atoms with E-state index in [-0.39, 0.29) is 25.7 Å². The van der Waals surface area contributed by atoms with Crippen LogP contribution in [0.25, 0.3) is 0 Å². The second-order valence-electron chi connectivity index (χ2n) is 3.87. The highest BCUT2D eigenvalue weighted by molar-refractivity contribution is 5.74. The van der Waals surface area contributed by atoms with E-state index in [1.54, 1.807) is 0 Å². The zero-order valence-corrected chi connectivity index (χ0v) is 10.8. The van der Waals surface area contributed by atoms with E-state index < -0.39 is 29.9 Å². The van der Waals surface area contributed by atoms with E-state index in [0.717, 1.165) is 0 Å². The Morgan fingerprint density at radius 3 is 1.35 bits per heavy atom. The van der Waals surface area contributed by atoms with Crippen LogP contribution in [0.3, 0.4) is 0 Å². The number of rotatable bonds is 9. The molecule has 1 atom stereocenters. The molecule has 0 aliphatic rings. The maximum atomic E-state index is 9.99. The predicted octanol–water partition coefficient (Wildman–Crippen LogP) is -0.0209. The molecule has 0 spiro atoms. The van der Waals surface area contributed by atoms with Crippen LogP contribution in [-0.2, 0) is 19.2 Å². The van der Waals surface area contributed by atoms with E-state index in [4.69, 9.17) is 26.2 Å². The van der Waals surface area contributed by atoms with Crippen LogP contribution in [0.4, 0.5) is 0 Å². The van der Waals surface area contributed by atoms with Gasteiger partial charge >= 0.3 is 23.9 Å². The van der Waals surface area contributed by atoms with Crippen LogP contribution in [0, 0.1) is 0 Å². The minimum atomic E-state index is -1.17. The first kappa shape index (κ1) is 20.2. The Labute approximate surface area is 115 Å². The third-order valence-corrected chi connectivity index (χ3v) is 2.02. The Balaban J connectivity index is 0. The average molecular weight is 293 g/mol. The van der Waals surface area contributed by atoms with E-state index in [1.807, 2.05) is 0 Å². The molecule has 116 valence electrons. The summed E-state index contributed by atoms with van der Waals surface area (Å²) in [5.74, 6) is -3.94. The zero-order chi connectivity index (χ0) is 16.1. The Bertz CT molecular complexity index is 325. The molecule has 20 heavy (non-hydrogen) atoms. The van der Waals surface area contributed by atoms with Crippen molar-refractivity contribution < 1.29 is 39.6 Å². The molecule has 0 aromatic heterocycles. The molecule has 0 aliphatic heterocycles. The van der Waals surface area contributed by atoms with Crippen LogP contribution in [0.5, 0.6) is 0 Å². The van der Waals surface area contributed by atoms with Gasteiger partial charge in [0.15, 0.2) is 0 Å². The highest BCUT2D eigenvalue weighted by Crippen LogP contribution is 1.98. The van der Waals surface area contributed by atoms with E-state index in [1.165, 1.54) is 0 Å². The summed E-state index contributed by atoms with van der Waals surface area (Å²) in [6.07, 6.45) is 0.794. The molecule has 0 bridgehead atoms. The lowest BCUT2D eigenvalue weighted by Crippen LogP contribution is -2.30. The molecule has 0 fully saturated rings. The molecule has 0 radical (unpaired) electrons. The van der Waals surface area contributed by atoms with Crippen molar-refractivity contribution in [3.63, 3.8) is 0 Å². The van der Waals surface area contributed by atoms with Crippen molar-refractivity contribution in [2.24, 2.45) is 5.73 Å². The average Bonchev–Trinajstić information content (AvgIpc) is 2.31. The topological polar surface area (TPSA) is 175 Å². The fourth-order valence-electron chi connectivity index (χ4n) is 0.955. The van der Waals surface area contributed by atoms with Crippen LogP contribution in [0.2, 0.25) is 0 Å². The number of unbranched alkanes of at least 4 members (excludes halogenated alkanes) is 1. The molecule has 0 aromatic rings. The molecular weight excluding hydrogens is 274 g/mol. The third kappa shape index (κ3) is 18.2. The van der Waals surface area contributed by atoms with Gasteiger partial charge in [-0.2, -0.15) is 0 Å². The summed E-state index contributed by atoms with van der Waals surface area (Å²) in [5.41, 5.74) is 5.00. The van der Waals surface area contributed by atoms with Gasteiger partial charge in [0, 0.05) is 19.3 Å². The highest BCUT2D eigenvalue weighted by Gasteiger charge is 2.12. The third-order valence-electron chi connectivity index (χ3n) is 2.02. The number of carbonyl (C=O) groups is 4. The number of aliphatic carboxylic acids is 4. The van der Waals surface area contributed by atoms with E-state index in [2.05, 4.69) is 0 Å². The molecule has 0 saturated heterocycles. The second-order valence-corrected chi connectivity index (χ2v) is 3.87. The van der Waals surface area contributed by atoms with Crippen molar-refractivity contribution >= 4 is 23.9 Å². The van der Waals surface area contributed by atoms with Gasteiger partial charge in [-0.05, 0) is 19.3 Å². The molecule has 6 N–H and O–H groups in total. The normalized spacial score (nSPS) is 10.8. The molecule has 9 heteroatoms. The summed E-state index contributed by atoms with van der Waals surface area (Å²) in [6, 6.07) is -1.06. The number of nitrogens with two attached hydrogens (primary N) is 1. The van der Waals surface area contributed by atoms with Crippen molar-refractivity contribution in [1.29, 1.82) is 0 Å². The molecule has 0 unspecified atom stereocenters. The summed E-state index contributed by atoms with van der Waals surface area (Å²) in [5, 5.41) is 32.5. The maximum absolute atomic E-state index is 9.99. The van der Waals surface area contributed by atoms with Crippen molar-refractivity contribution in [1.82, 2.24) is 0 Å². The molecule has 0 heterocycles. The number of hydrogen-bond acceptors (Lipinski definition) is 5. The lowest BCUT2D eigenvalue weighted by Gasteiger charge is -2.01. The van der Waals surface area contributed by atoms with Gasteiger partial charge in [-0.3, -0.25) is 19.2 Å². The smallest absolute Gasteiger partial charge is 0.320 e. The van der Waals surface area contributed by atoms with Gasteiger partial charge in [-0.15, -0.1) is 0 Å². The molecule has 0 aliphatic carbocycles.